The fourth-order valence-corrected chi connectivity index (χ4v) is 4.88. The van der Waals surface area contributed by atoms with Crippen LogP contribution < -0.4 is 21.4 Å². The smallest absolute Gasteiger partial charge is 0.357 e. The number of benzene rings is 1. The average Bonchev–Trinajstić information content (AvgIpc) is 3.07. The van der Waals surface area contributed by atoms with Crippen LogP contribution in [0.4, 0.5) is 0 Å². The molecule has 0 atom stereocenters. The van der Waals surface area contributed by atoms with Gasteiger partial charge in [-0.1, -0.05) is 37.0 Å². The topological polar surface area (TPSA) is 152 Å². The molecule has 6 N–H and O–H groups in total. The molecule has 32 heavy (non-hydrogen) atoms. The van der Waals surface area contributed by atoms with Gasteiger partial charge in [0.05, 0.1) is 12.2 Å². The van der Waals surface area contributed by atoms with E-state index in [4.69, 9.17) is 44.6 Å². The van der Waals surface area contributed by atoms with E-state index in [0.29, 0.717) is 0 Å². The third-order valence-electron chi connectivity index (χ3n) is 4.41. The maximum absolute atomic E-state index is 13.5. The van der Waals surface area contributed by atoms with E-state index < -0.39 is 10.1 Å². The van der Waals surface area contributed by atoms with Crippen molar-refractivity contribution in [2.75, 3.05) is 0 Å². The van der Waals surface area contributed by atoms with Crippen molar-refractivity contribution in [3.05, 3.63) is 75.7 Å². The van der Waals surface area contributed by atoms with E-state index >= 15 is 0 Å². The molecule has 0 aliphatic heterocycles. The molecule has 0 saturated heterocycles. The Morgan fingerprint density at radius 3 is 2.22 bits per heavy atom. The molecule has 0 spiro atoms. The lowest BCUT2D eigenvalue weighted by Crippen LogP contribution is -2.22. The molecule has 0 aliphatic carbocycles. The summed E-state index contributed by atoms with van der Waals surface area (Å²) >= 11 is 12.0. The first-order chi connectivity index (χ1) is 15.0. The van der Waals surface area contributed by atoms with Gasteiger partial charge in [0.2, 0.25) is 0 Å². The van der Waals surface area contributed by atoms with Crippen molar-refractivity contribution in [3.8, 4) is 5.75 Å². The van der Waals surface area contributed by atoms with Gasteiger partial charge >= 0.3 is 10.1 Å². The van der Waals surface area contributed by atoms with Crippen LogP contribution in [-0.4, -0.2) is 23.0 Å². The van der Waals surface area contributed by atoms with Gasteiger partial charge in [-0.05, 0) is 29.7 Å². The molecule has 0 saturated carbocycles. The molecule has 1 aromatic carbocycles. The standard InChI is InChI=1S/C20H22Cl2N6O3S/c1-11(2)17-20(32(29,30)31-15-8-13(21)7-14(22)9-15)28(10-12-3-5-26-6-4-12)19(27-17)16(23)18(24)25/h3-9,11H,10,23-25H2,1-2H3. The van der Waals surface area contributed by atoms with Crippen molar-refractivity contribution >= 4 is 39.0 Å². The second-order valence-corrected chi connectivity index (χ2v) is 9.57. The number of imidazole rings is 1. The van der Waals surface area contributed by atoms with Gasteiger partial charge in [0.15, 0.2) is 10.9 Å². The highest BCUT2D eigenvalue weighted by Crippen LogP contribution is 2.32. The van der Waals surface area contributed by atoms with E-state index in [1.165, 1.54) is 22.8 Å². The molecule has 0 amide bonds. The number of rotatable bonds is 7. The summed E-state index contributed by atoms with van der Waals surface area (Å²) in [4.78, 5) is 8.45. The van der Waals surface area contributed by atoms with Crippen LogP contribution in [0.15, 0.2) is 53.6 Å². The highest BCUT2D eigenvalue weighted by molar-refractivity contribution is 7.87. The number of nitrogens with two attached hydrogens (primary N) is 3. The van der Waals surface area contributed by atoms with Crippen LogP contribution in [0, 0.1) is 0 Å². The van der Waals surface area contributed by atoms with E-state index in [1.54, 1.807) is 38.4 Å². The molecule has 0 radical (unpaired) electrons. The van der Waals surface area contributed by atoms with E-state index in [-0.39, 0.29) is 56.3 Å². The molecule has 9 nitrogen and oxygen atoms in total. The molecule has 12 heteroatoms. The summed E-state index contributed by atoms with van der Waals surface area (Å²) in [5.41, 5.74) is 18.4. The number of pyridine rings is 1. The number of nitrogens with zero attached hydrogens (tertiary/aromatic N) is 3. The Balaban J connectivity index is 2.25. The minimum atomic E-state index is -4.40. The fourth-order valence-electron chi connectivity index (χ4n) is 2.99. The summed E-state index contributed by atoms with van der Waals surface area (Å²) in [7, 11) is -4.40. The molecule has 0 bridgehead atoms. The predicted octanol–water partition coefficient (Wildman–Crippen LogP) is 3.03. The zero-order valence-corrected chi connectivity index (χ0v) is 19.6. The molecule has 0 fully saturated rings. The summed E-state index contributed by atoms with van der Waals surface area (Å²) in [6, 6.07) is 7.62. The lowest BCUT2D eigenvalue weighted by atomic mass is 10.1. The van der Waals surface area contributed by atoms with Gasteiger partial charge in [0, 0.05) is 34.6 Å². The van der Waals surface area contributed by atoms with Crippen LogP contribution in [0.1, 0.15) is 36.8 Å². The van der Waals surface area contributed by atoms with E-state index in [0.717, 1.165) is 5.56 Å². The first kappa shape index (κ1) is 23.7. The monoisotopic (exact) mass is 496 g/mol. The van der Waals surface area contributed by atoms with Gasteiger partial charge in [-0.25, -0.2) is 4.98 Å². The van der Waals surface area contributed by atoms with Crippen molar-refractivity contribution in [1.82, 2.24) is 14.5 Å². The van der Waals surface area contributed by atoms with E-state index in [9.17, 15) is 8.42 Å². The number of hydrogen-bond acceptors (Lipinski definition) is 8. The van der Waals surface area contributed by atoms with Crippen molar-refractivity contribution in [2.24, 2.45) is 17.2 Å². The van der Waals surface area contributed by atoms with Crippen LogP contribution in [0.25, 0.3) is 5.70 Å². The minimum absolute atomic E-state index is 0.0442. The minimum Gasteiger partial charge on any atom is -0.393 e. The fraction of sp³-hybridized carbons (Fsp3) is 0.200. The van der Waals surface area contributed by atoms with Gasteiger partial charge in [-0.3, -0.25) is 4.98 Å². The van der Waals surface area contributed by atoms with Gasteiger partial charge in [-0.15, -0.1) is 0 Å². The Bertz CT molecular complexity index is 1250. The number of aromatic nitrogens is 3. The highest BCUT2D eigenvalue weighted by atomic mass is 35.5. The summed E-state index contributed by atoms with van der Waals surface area (Å²) in [6.07, 6.45) is 3.18. The third-order valence-corrected chi connectivity index (χ3v) is 6.17. The van der Waals surface area contributed by atoms with Gasteiger partial charge in [0.25, 0.3) is 0 Å². The van der Waals surface area contributed by atoms with Crippen LogP contribution in [0.5, 0.6) is 5.75 Å². The molecule has 170 valence electrons. The Kier molecular flexibility index (Phi) is 6.87. The zero-order valence-electron chi connectivity index (χ0n) is 17.3. The van der Waals surface area contributed by atoms with Gasteiger partial charge < -0.3 is 26.0 Å². The summed E-state index contributed by atoms with van der Waals surface area (Å²) in [5, 5.41) is 0.265. The van der Waals surface area contributed by atoms with E-state index in [2.05, 4.69) is 9.97 Å². The highest BCUT2D eigenvalue weighted by Gasteiger charge is 2.32. The van der Waals surface area contributed by atoms with Crippen molar-refractivity contribution < 1.29 is 12.6 Å². The third kappa shape index (κ3) is 5.09. The van der Waals surface area contributed by atoms with Crippen LogP contribution in [0.2, 0.25) is 10.0 Å². The zero-order chi connectivity index (χ0) is 23.6. The van der Waals surface area contributed by atoms with E-state index in [1.807, 2.05) is 0 Å². The van der Waals surface area contributed by atoms with Gasteiger partial charge in [0.1, 0.15) is 17.3 Å². The first-order valence-electron chi connectivity index (χ1n) is 9.40. The Labute approximate surface area is 195 Å². The quantitative estimate of drug-likeness (QED) is 0.421. The Morgan fingerprint density at radius 1 is 1.09 bits per heavy atom. The van der Waals surface area contributed by atoms with Crippen molar-refractivity contribution in [1.29, 1.82) is 0 Å². The normalized spacial score (nSPS) is 11.5. The van der Waals surface area contributed by atoms with Crippen LogP contribution in [0.3, 0.4) is 0 Å². The summed E-state index contributed by atoms with van der Waals surface area (Å²) in [5.74, 6) is -0.419. The predicted molar refractivity (Wildman–Crippen MR) is 123 cm³/mol. The molecule has 2 heterocycles. The summed E-state index contributed by atoms with van der Waals surface area (Å²) < 4.78 is 33.7. The summed E-state index contributed by atoms with van der Waals surface area (Å²) in [6.45, 7) is 3.69. The molecule has 0 unspecified atom stereocenters. The van der Waals surface area contributed by atoms with Gasteiger partial charge in [-0.2, -0.15) is 8.42 Å². The molecular formula is C20H22Cl2N6O3S. The second kappa shape index (κ2) is 9.27. The number of halogens is 2. The molecule has 3 rings (SSSR count). The first-order valence-corrected chi connectivity index (χ1v) is 11.6. The largest absolute Gasteiger partial charge is 0.393 e. The Hall–Kier alpha value is -2.95. The van der Waals surface area contributed by atoms with Crippen molar-refractivity contribution in [3.63, 3.8) is 0 Å². The van der Waals surface area contributed by atoms with Crippen molar-refractivity contribution in [2.45, 2.75) is 31.3 Å². The number of hydrogen-bond donors (Lipinski definition) is 3. The maximum atomic E-state index is 13.5. The SMILES string of the molecule is CC(C)c1nc(C(N)=C(N)N)n(Cc2ccncc2)c1S(=O)(=O)Oc1cc(Cl)cc(Cl)c1. The molecule has 2 aromatic heterocycles. The van der Waals surface area contributed by atoms with Crippen LogP contribution in [-0.2, 0) is 16.7 Å². The lowest BCUT2D eigenvalue weighted by molar-refractivity contribution is 0.472. The molecule has 3 aromatic rings. The van der Waals surface area contributed by atoms with Crippen LogP contribution >= 0.6 is 23.2 Å². The average molecular weight is 497 g/mol. The Morgan fingerprint density at radius 2 is 1.69 bits per heavy atom. The maximum Gasteiger partial charge on any atom is 0.357 e. The molecular weight excluding hydrogens is 475 g/mol. The molecule has 0 aliphatic rings. The lowest BCUT2D eigenvalue weighted by Gasteiger charge is -2.15. The second-order valence-electron chi connectivity index (χ2n) is 7.23.